The Morgan fingerprint density at radius 3 is 2.50 bits per heavy atom. The van der Waals surface area contributed by atoms with Crippen molar-refractivity contribution in [1.29, 1.82) is 0 Å². The average Bonchev–Trinajstić information content (AvgIpc) is 2.77. The van der Waals surface area contributed by atoms with Crippen LogP contribution in [0.2, 0.25) is 0 Å². The summed E-state index contributed by atoms with van der Waals surface area (Å²) in [5, 5.41) is 3.51. The van der Waals surface area contributed by atoms with Gasteiger partial charge in [-0.2, -0.15) is 0 Å². The fraction of sp³-hybridized carbons (Fsp3) is 0.333. The SMILES string of the molecule is COC1c2cc(NCc3ccccc3C)ccc2OC(C)(C)C1OCc1ccc(F)cc1. The molecule has 0 bridgehead atoms. The molecule has 1 heterocycles. The second-order valence-electron chi connectivity index (χ2n) is 8.75. The lowest BCUT2D eigenvalue weighted by atomic mass is 9.88. The van der Waals surface area contributed by atoms with Gasteiger partial charge in [0, 0.05) is 24.9 Å². The third-order valence-electron chi connectivity index (χ3n) is 5.99. The zero-order valence-corrected chi connectivity index (χ0v) is 19.0. The van der Waals surface area contributed by atoms with Crippen molar-refractivity contribution in [2.45, 2.75) is 51.7 Å². The Morgan fingerprint density at radius 1 is 1.03 bits per heavy atom. The Hall–Kier alpha value is -2.89. The molecule has 2 atom stereocenters. The van der Waals surface area contributed by atoms with Crippen molar-refractivity contribution in [3.05, 3.63) is 94.8 Å². The quantitative estimate of drug-likeness (QED) is 0.480. The number of aryl methyl sites for hydroxylation is 1. The van der Waals surface area contributed by atoms with Crippen LogP contribution in [0.25, 0.3) is 0 Å². The van der Waals surface area contributed by atoms with Crippen LogP contribution >= 0.6 is 0 Å². The number of nitrogens with one attached hydrogen (secondary N) is 1. The topological polar surface area (TPSA) is 39.7 Å². The highest BCUT2D eigenvalue weighted by molar-refractivity contribution is 5.54. The van der Waals surface area contributed by atoms with E-state index in [2.05, 4.69) is 36.5 Å². The average molecular weight is 436 g/mol. The van der Waals surface area contributed by atoms with Crippen molar-refractivity contribution in [2.24, 2.45) is 0 Å². The largest absolute Gasteiger partial charge is 0.485 e. The Bertz CT molecular complexity index is 1060. The van der Waals surface area contributed by atoms with Crippen LogP contribution in [0.1, 0.15) is 42.2 Å². The molecule has 4 rings (SSSR count). The van der Waals surface area contributed by atoms with Crippen LogP contribution < -0.4 is 10.1 Å². The van der Waals surface area contributed by atoms with Gasteiger partial charge in [-0.25, -0.2) is 4.39 Å². The summed E-state index contributed by atoms with van der Waals surface area (Å²) in [6.07, 6.45) is -0.633. The molecule has 5 heteroatoms. The maximum atomic E-state index is 13.2. The van der Waals surface area contributed by atoms with Crippen LogP contribution in [0.4, 0.5) is 10.1 Å². The fourth-order valence-electron chi connectivity index (χ4n) is 4.15. The fourth-order valence-corrected chi connectivity index (χ4v) is 4.15. The summed E-state index contributed by atoms with van der Waals surface area (Å²) in [5.41, 5.74) is 4.76. The summed E-state index contributed by atoms with van der Waals surface area (Å²) in [6.45, 7) is 7.20. The molecule has 2 unspecified atom stereocenters. The maximum absolute atomic E-state index is 13.2. The molecule has 1 N–H and O–H groups in total. The lowest BCUT2D eigenvalue weighted by Crippen LogP contribution is -2.50. The summed E-state index contributed by atoms with van der Waals surface area (Å²) in [5.74, 6) is 0.537. The van der Waals surface area contributed by atoms with Gasteiger partial charge in [-0.1, -0.05) is 36.4 Å². The predicted molar refractivity (Wildman–Crippen MR) is 124 cm³/mol. The second-order valence-corrected chi connectivity index (χ2v) is 8.75. The van der Waals surface area contributed by atoms with Crippen molar-refractivity contribution in [3.8, 4) is 5.75 Å². The Labute approximate surface area is 189 Å². The van der Waals surface area contributed by atoms with Gasteiger partial charge < -0.3 is 19.5 Å². The van der Waals surface area contributed by atoms with Gasteiger partial charge in [0.2, 0.25) is 0 Å². The van der Waals surface area contributed by atoms with Crippen LogP contribution in [-0.2, 0) is 22.6 Å². The highest BCUT2D eigenvalue weighted by Crippen LogP contribution is 2.44. The van der Waals surface area contributed by atoms with E-state index in [4.69, 9.17) is 14.2 Å². The third-order valence-corrected chi connectivity index (χ3v) is 5.99. The van der Waals surface area contributed by atoms with E-state index in [0.717, 1.165) is 29.1 Å². The molecular weight excluding hydrogens is 405 g/mol. The van der Waals surface area contributed by atoms with Crippen molar-refractivity contribution in [3.63, 3.8) is 0 Å². The zero-order valence-electron chi connectivity index (χ0n) is 19.0. The lowest BCUT2D eigenvalue weighted by Gasteiger charge is -2.44. The van der Waals surface area contributed by atoms with Crippen LogP contribution in [0.15, 0.2) is 66.7 Å². The first kappa shape index (κ1) is 22.3. The van der Waals surface area contributed by atoms with Gasteiger partial charge in [-0.05, 0) is 67.8 Å². The minimum atomic E-state index is -0.593. The number of ether oxygens (including phenoxy) is 3. The minimum Gasteiger partial charge on any atom is -0.485 e. The molecule has 32 heavy (non-hydrogen) atoms. The standard InChI is InChI=1S/C27H30FNO3/c1-18-7-5-6-8-20(18)16-29-22-13-14-24-23(15-22)25(30-4)26(27(2,3)32-24)31-17-19-9-11-21(28)12-10-19/h5-15,25-26,29H,16-17H2,1-4H3. The number of fused-ring (bicyclic) bond motifs is 1. The van der Waals surface area contributed by atoms with E-state index >= 15 is 0 Å². The van der Waals surface area contributed by atoms with E-state index in [1.165, 1.54) is 23.3 Å². The Morgan fingerprint density at radius 2 is 1.78 bits per heavy atom. The highest BCUT2D eigenvalue weighted by atomic mass is 19.1. The molecular formula is C27H30FNO3. The molecule has 0 aromatic heterocycles. The number of hydrogen-bond donors (Lipinski definition) is 1. The summed E-state index contributed by atoms with van der Waals surface area (Å²) >= 11 is 0. The van der Waals surface area contributed by atoms with Gasteiger partial charge in [-0.3, -0.25) is 0 Å². The molecule has 0 aliphatic carbocycles. The van der Waals surface area contributed by atoms with E-state index in [0.29, 0.717) is 6.61 Å². The first-order valence-corrected chi connectivity index (χ1v) is 10.9. The van der Waals surface area contributed by atoms with E-state index in [-0.39, 0.29) is 18.0 Å². The molecule has 4 nitrogen and oxygen atoms in total. The summed E-state index contributed by atoms with van der Waals surface area (Å²) in [7, 11) is 1.69. The Balaban J connectivity index is 1.54. The number of benzene rings is 3. The summed E-state index contributed by atoms with van der Waals surface area (Å²) < 4.78 is 31.7. The second kappa shape index (κ2) is 9.31. The normalized spacial score (nSPS) is 19.2. The molecule has 168 valence electrons. The number of methoxy groups -OCH3 is 1. The summed E-state index contributed by atoms with van der Waals surface area (Å²) in [6, 6.07) is 20.8. The van der Waals surface area contributed by atoms with Crippen molar-refractivity contribution < 1.29 is 18.6 Å². The molecule has 0 fully saturated rings. The number of halogens is 1. The van der Waals surface area contributed by atoms with Gasteiger partial charge in [0.15, 0.2) is 0 Å². The molecule has 0 amide bonds. The Kier molecular flexibility index (Phi) is 6.49. The van der Waals surface area contributed by atoms with E-state index in [9.17, 15) is 4.39 Å². The van der Waals surface area contributed by atoms with Gasteiger partial charge in [0.25, 0.3) is 0 Å². The van der Waals surface area contributed by atoms with Crippen LogP contribution in [-0.4, -0.2) is 18.8 Å². The molecule has 0 radical (unpaired) electrons. The minimum absolute atomic E-state index is 0.260. The molecule has 0 spiro atoms. The lowest BCUT2D eigenvalue weighted by molar-refractivity contribution is -0.159. The van der Waals surface area contributed by atoms with Crippen LogP contribution in [0.5, 0.6) is 5.75 Å². The molecule has 0 saturated carbocycles. The molecule has 0 saturated heterocycles. The molecule has 1 aliphatic heterocycles. The number of hydrogen-bond acceptors (Lipinski definition) is 4. The highest BCUT2D eigenvalue weighted by Gasteiger charge is 2.45. The van der Waals surface area contributed by atoms with Gasteiger partial charge >= 0.3 is 0 Å². The smallest absolute Gasteiger partial charge is 0.132 e. The van der Waals surface area contributed by atoms with Gasteiger partial charge in [-0.15, -0.1) is 0 Å². The monoisotopic (exact) mass is 435 g/mol. The molecule has 3 aromatic rings. The third kappa shape index (κ3) is 4.79. The van der Waals surface area contributed by atoms with Crippen LogP contribution in [0.3, 0.4) is 0 Å². The molecule has 1 aliphatic rings. The molecule has 3 aromatic carbocycles. The van der Waals surface area contributed by atoms with Crippen molar-refractivity contribution in [2.75, 3.05) is 12.4 Å². The first-order chi connectivity index (χ1) is 15.4. The van der Waals surface area contributed by atoms with Crippen LogP contribution in [0, 0.1) is 12.7 Å². The predicted octanol–water partition coefficient (Wildman–Crippen LogP) is 6.19. The van der Waals surface area contributed by atoms with E-state index in [1.807, 2.05) is 32.0 Å². The van der Waals surface area contributed by atoms with Gasteiger partial charge in [0.1, 0.15) is 29.4 Å². The van der Waals surface area contributed by atoms with E-state index < -0.39 is 5.60 Å². The maximum Gasteiger partial charge on any atom is 0.132 e. The van der Waals surface area contributed by atoms with E-state index in [1.54, 1.807) is 19.2 Å². The summed E-state index contributed by atoms with van der Waals surface area (Å²) in [4.78, 5) is 0. The van der Waals surface area contributed by atoms with Gasteiger partial charge in [0.05, 0.1) is 6.61 Å². The number of anilines is 1. The van der Waals surface area contributed by atoms with Crippen molar-refractivity contribution in [1.82, 2.24) is 0 Å². The van der Waals surface area contributed by atoms with Crippen molar-refractivity contribution >= 4 is 5.69 Å². The number of rotatable bonds is 7. The zero-order chi connectivity index (χ0) is 22.7. The first-order valence-electron chi connectivity index (χ1n) is 10.9.